The Bertz CT molecular complexity index is 510. The molecule has 0 heterocycles. The van der Waals surface area contributed by atoms with Gasteiger partial charge in [0.25, 0.3) is 0 Å². The summed E-state index contributed by atoms with van der Waals surface area (Å²) in [6.45, 7) is 4.54. The van der Waals surface area contributed by atoms with Crippen molar-refractivity contribution in [3.05, 3.63) is 11.6 Å². The van der Waals surface area contributed by atoms with Gasteiger partial charge in [0, 0.05) is 0 Å². The molecule has 2 heteroatoms. The molecule has 0 saturated heterocycles. The molecule has 3 saturated carbocycles. The van der Waals surface area contributed by atoms with E-state index in [2.05, 4.69) is 13.0 Å². The van der Waals surface area contributed by atoms with E-state index in [0.717, 1.165) is 48.9 Å². The maximum Gasteiger partial charge on any atom is 0.0577 e. The van der Waals surface area contributed by atoms with Gasteiger partial charge in [-0.05, 0) is 106 Å². The fourth-order valence-electron chi connectivity index (χ4n) is 7.49. The van der Waals surface area contributed by atoms with Crippen molar-refractivity contribution in [1.29, 1.82) is 0 Å². The predicted octanol–water partition coefficient (Wildman–Crippen LogP) is 5.09. The second-order valence-electron chi connectivity index (χ2n) is 10.1. The Labute approximate surface area is 154 Å². The summed E-state index contributed by atoms with van der Waals surface area (Å²) in [7, 11) is 0. The molecule has 25 heavy (non-hydrogen) atoms. The number of aliphatic hydroxyl groups is 2. The molecular formula is C23H38O2. The van der Waals surface area contributed by atoms with Gasteiger partial charge in [0.2, 0.25) is 0 Å². The lowest BCUT2D eigenvalue weighted by Gasteiger charge is -2.54. The van der Waals surface area contributed by atoms with Crippen LogP contribution < -0.4 is 0 Å². The molecule has 0 radical (unpaired) electrons. The molecule has 2 nitrogen and oxygen atoms in total. The van der Waals surface area contributed by atoms with Gasteiger partial charge >= 0.3 is 0 Å². The Morgan fingerprint density at radius 3 is 2.80 bits per heavy atom. The van der Waals surface area contributed by atoms with Crippen LogP contribution in [0.5, 0.6) is 0 Å². The predicted molar refractivity (Wildman–Crippen MR) is 102 cm³/mol. The molecule has 142 valence electrons. The highest BCUT2D eigenvalue weighted by molar-refractivity contribution is 5.20. The zero-order valence-electron chi connectivity index (χ0n) is 16.3. The van der Waals surface area contributed by atoms with Gasteiger partial charge in [-0.15, -0.1) is 0 Å². The van der Waals surface area contributed by atoms with E-state index in [-0.39, 0.29) is 12.2 Å². The fourth-order valence-corrected chi connectivity index (χ4v) is 7.49. The standard InChI is InChI=1S/C23H38O2/c1-15(24)4-3-5-17-7-11-22-21-9-6-16-14-18(25)8-10-19(16)20(21)12-13-23(17,22)2/h6,15,17-22,24-25H,3-5,7-14H2,1-2H3/t15?,17-,18?,19?,20?,21?,22?,23?/m0/s1. The first kappa shape index (κ1) is 18.0. The molecule has 4 rings (SSSR count). The third-order valence-corrected chi connectivity index (χ3v) is 8.79. The summed E-state index contributed by atoms with van der Waals surface area (Å²) in [5, 5.41) is 19.6. The van der Waals surface area contributed by atoms with Crippen molar-refractivity contribution in [3.8, 4) is 0 Å². The van der Waals surface area contributed by atoms with E-state index >= 15 is 0 Å². The zero-order valence-corrected chi connectivity index (χ0v) is 16.3. The number of fused-ring (bicyclic) bond motifs is 5. The molecule has 0 aromatic rings. The summed E-state index contributed by atoms with van der Waals surface area (Å²) in [6, 6.07) is 0. The van der Waals surface area contributed by atoms with Crippen molar-refractivity contribution in [2.45, 2.75) is 96.7 Å². The maximum absolute atomic E-state index is 10.0. The minimum Gasteiger partial charge on any atom is -0.393 e. The molecule has 0 bridgehead atoms. The maximum atomic E-state index is 10.0. The summed E-state index contributed by atoms with van der Waals surface area (Å²) in [5.74, 6) is 4.41. The molecule has 0 spiro atoms. The molecular weight excluding hydrogens is 308 g/mol. The van der Waals surface area contributed by atoms with Gasteiger partial charge in [-0.25, -0.2) is 0 Å². The molecule has 0 amide bonds. The number of hydrogen-bond donors (Lipinski definition) is 2. The first-order chi connectivity index (χ1) is 12.0. The Kier molecular flexibility index (Phi) is 5.05. The average Bonchev–Trinajstić information content (AvgIpc) is 2.91. The van der Waals surface area contributed by atoms with E-state index in [1.54, 1.807) is 5.57 Å². The molecule has 0 aromatic heterocycles. The van der Waals surface area contributed by atoms with Gasteiger partial charge in [0.15, 0.2) is 0 Å². The SMILES string of the molecule is CC(O)CCC[C@H]1CCC2C3CC=C4CC(O)CCC4C3CCC21C. The summed E-state index contributed by atoms with van der Waals surface area (Å²) in [5.41, 5.74) is 2.16. The lowest BCUT2D eigenvalue weighted by molar-refractivity contribution is -0.0204. The van der Waals surface area contributed by atoms with Gasteiger partial charge in [-0.1, -0.05) is 25.0 Å². The molecule has 3 fully saturated rings. The van der Waals surface area contributed by atoms with Crippen LogP contribution in [0.4, 0.5) is 0 Å². The molecule has 4 aliphatic rings. The second-order valence-corrected chi connectivity index (χ2v) is 10.1. The summed E-state index contributed by atoms with van der Waals surface area (Å²) >= 11 is 0. The third kappa shape index (κ3) is 3.23. The van der Waals surface area contributed by atoms with E-state index in [0.29, 0.717) is 5.41 Å². The Morgan fingerprint density at radius 2 is 2.00 bits per heavy atom. The third-order valence-electron chi connectivity index (χ3n) is 8.79. The van der Waals surface area contributed by atoms with Crippen LogP contribution in [-0.4, -0.2) is 22.4 Å². The molecule has 0 aromatic carbocycles. The van der Waals surface area contributed by atoms with Crippen molar-refractivity contribution in [2.75, 3.05) is 0 Å². The van der Waals surface area contributed by atoms with Crippen molar-refractivity contribution >= 4 is 0 Å². The van der Waals surface area contributed by atoms with E-state index in [1.807, 2.05) is 6.92 Å². The monoisotopic (exact) mass is 346 g/mol. The highest BCUT2D eigenvalue weighted by atomic mass is 16.3. The average molecular weight is 347 g/mol. The molecule has 0 aliphatic heterocycles. The van der Waals surface area contributed by atoms with Gasteiger partial charge in [-0.2, -0.15) is 0 Å². The van der Waals surface area contributed by atoms with E-state index in [1.165, 1.54) is 51.4 Å². The van der Waals surface area contributed by atoms with Gasteiger partial charge in [0.1, 0.15) is 0 Å². The van der Waals surface area contributed by atoms with Crippen LogP contribution in [0.3, 0.4) is 0 Å². The van der Waals surface area contributed by atoms with Gasteiger partial charge in [-0.3, -0.25) is 0 Å². The smallest absolute Gasteiger partial charge is 0.0577 e. The van der Waals surface area contributed by atoms with Crippen LogP contribution in [-0.2, 0) is 0 Å². The first-order valence-corrected chi connectivity index (χ1v) is 11.0. The quantitative estimate of drug-likeness (QED) is 0.696. The molecule has 4 aliphatic carbocycles. The highest BCUT2D eigenvalue weighted by Gasteiger charge is 2.55. The van der Waals surface area contributed by atoms with Crippen LogP contribution in [0, 0.1) is 35.0 Å². The molecule has 8 atom stereocenters. The number of allylic oxidation sites excluding steroid dienone is 1. The van der Waals surface area contributed by atoms with Gasteiger partial charge in [0.05, 0.1) is 12.2 Å². The fraction of sp³-hybridized carbons (Fsp3) is 0.913. The summed E-state index contributed by atoms with van der Waals surface area (Å²) < 4.78 is 0. The van der Waals surface area contributed by atoms with E-state index in [9.17, 15) is 10.2 Å². The topological polar surface area (TPSA) is 40.5 Å². The van der Waals surface area contributed by atoms with Crippen molar-refractivity contribution in [3.63, 3.8) is 0 Å². The normalized spacial score (nSPS) is 47.4. The minimum atomic E-state index is -0.135. The minimum absolute atomic E-state index is 0.0716. The lowest BCUT2D eigenvalue weighted by Crippen LogP contribution is -2.46. The molecule has 2 N–H and O–H groups in total. The Morgan fingerprint density at radius 1 is 1.16 bits per heavy atom. The zero-order chi connectivity index (χ0) is 17.6. The highest BCUT2D eigenvalue weighted by Crippen LogP contribution is 2.64. The van der Waals surface area contributed by atoms with Crippen LogP contribution in [0.15, 0.2) is 11.6 Å². The van der Waals surface area contributed by atoms with Crippen LogP contribution in [0.2, 0.25) is 0 Å². The summed E-state index contributed by atoms with van der Waals surface area (Å²) in [4.78, 5) is 0. The van der Waals surface area contributed by atoms with Crippen LogP contribution >= 0.6 is 0 Å². The van der Waals surface area contributed by atoms with Crippen molar-refractivity contribution in [2.24, 2.45) is 35.0 Å². The Balaban J connectivity index is 1.46. The number of hydrogen-bond acceptors (Lipinski definition) is 2. The largest absolute Gasteiger partial charge is 0.393 e. The van der Waals surface area contributed by atoms with Crippen molar-refractivity contribution < 1.29 is 10.2 Å². The van der Waals surface area contributed by atoms with E-state index < -0.39 is 0 Å². The second kappa shape index (κ2) is 7.00. The van der Waals surface area contributed by atoms with Crippen LogP contribution in [0.25, 0.3) is 0 Å². The lowest BCUT2D eigenvalue weighted by atomic mass is 9.51. The van der Waals surface area contributed by atoms with Crippen LogP contribution in [0.1, 0.15) is 84.5 Å². The molecule has 7 unspecified atom stereocenters. The van der Waals surface area contributed by atoms with Gasteiger partial charge < -0.3 is 10.2 Å². The van der Waals surface area contributed by atoms with E-state index in [4.69, 9.17) is 0 Å². The number of rotatable bonds is 4. The summed E-state index contributed by atoms with van der Waals surface area (Å²) in [6.07, 6.45) is 16.0. The van der Waals surface area contributed by atoms with Crippen molar-refractivity contribution in [1.82, 2.24) is 0 Å². The Hall–Kier alpha value is -0.340. The first-order valence-electron chi connectivity index (χ1n) is 11.0. The number of aliphatic hydroxyl groups excluding tert-OH is 2.